The number of aryl methyl sites for hydroxylation is 2. The number of alkyl halides is 3. The van der Waals surface area contributed by atoms with Gasteiger partial charge in [0.2, 0.25) is 5.43 Å². The Morgan fingerprint density at radius 3 is 2.47 bits per heavy atom. The second-order valence-electron chi connectivity index (χ2n) is 7.29. The lowest BCUT2D eigenvalue weighted by Crippen LogP contribution is -2.36. The molecule has 7 heteroatoms. The molecular weight excluding hydrogens is 393 g/mol. The van der Waals surface area contributed by atoms with Crippen molar-refractivity contribution in [2.45, 2.75) is 45.5 Å². The van der Waals surface area contributed by atoms with Crippen LogP contribution < -0.4 is 10.7 Å². The number of fused-ring (bicyclic) bond motifs is 1. The maximum atomic E-state index is 13.1. The summed E-state index contributed by atoms with van der Waals surface area (Å²) in [7, 11) is 0. The number of carbonyl (C=O) groups is 1. The number of nitrogens with one attached hydrogen (secondary N) is 1. The van der Waals surface area contributed by atoms with Crippen molar-refractivity contribution in [2.75, 3.05) is 0 Å². The van der Waals surface area contributed by atoms with Gasteiger partial charge in [-0.1, -0.05) is 30.3 Å². The van der Waals surface area contributed by atoms with Crippen LogP contribution in [-0.4, -0.2) is 16.5 Å². The standard InChI is InChI=1S/C23H23F3N2O2/c1-3-28-14-19(21(29)18-13-17(23(24,25)26)11-12-20(18)28)22(30)27-15(2)9-10-16-7-5-4-6-8-16/h4-8,11-15H,3,9-10H2,1-2H3,(H,27,30)/t15-/m1/s1. The SMILES string of the molecule is CCn1cc(C(=O)N[C@H](C)CCc2ccccc2)c(=O)c2cc(C(F)(F)F)ccc21. The van der Waals surface area contributed by atoms with Gasteiger partial charge >= 0.3 is 6.18 Å². The summed E-state index contributed by atoms with van der Waals surface area (Å²) in [6.07, 6.45) is -1.73. The van der Waals surface area contributed by atoms with Crippen LogP contribution in [0.25, 0.3) is 10.9 Å². The first kappa shape index (κ1) is 21.6. The first-order chi connectivity index (χ1) is 14.2. The molecule has 158 valence electrons. The van der Waals surface area contributed by atoms with E-state index in [1.807, 2.05) is 37.3 Å². The maximum absolute atomic E-state index is 13.1. The van der Waals surface area contributed by atoms with Crippen LogP contribution in [-0.2, 0) is 19.1 Å². The molecule has 0 aliphatic heterocycles. The van der Waals surface area contributed by atoms with E-state index in [2.05, 4.69) is 5.32 Å². The lowest BCUT2D eigenvalue weighted by Gasteiger charge is -2.16. The molecule has 0 unspecified atom stereocenters. The minimum absolute atomic E-state index is 0.115. The molecule has 1 N–H and O–H groups in total. The zero-order valence-electron chi connectivity index (χ0n) is 16.8. The Bertz CT molecular complexity index is 1110. The van der Waals surface area contributed by atoms with Crippen LogP contribution >= 0.6 is 0 Å². The topological polar surface area (TPSA) is 51.1 Å². The molecule has 0 aliphatic rings. The van der Waals surface area contributed by atoms with Crippen molar-refractivity contribution >= 4 is 16.8 Å². The van der Waals surface area contributed by atoms with Crippen molar-refractivity contribution in [3.63, 3.8) is 0 Å². The van der Waals surface area contributed by atoms with Gasteiger partial charge in [0.25, 0.3) is 5.91 Å². The molecule has 0 bridgehead atoms. The summed E-state index contributed by atoms with van der Waals surface area (Å²) < 4.78 is 40.9. The third kappa shape index (κ3) is 4.72. The van der Waals surface area contributed by atoms with E-state index in [1.54, 1.807) is 11.5 Å². The summed E-state index contributed by atoms with van der Waals surface area (Å²) >= 11 is 0. The van der Waals surface area contributed by atoms with Crippen molar-refractivity contribution in [3.8, 4) is 0 Å². The predicted octanol–water partition coefficient (Wildman–Crippen LogP) is 4.79. The molecule has 1 amide bonds. The summed E-state index contributed by atoms with van der Waals surface area (Å²) in [4.78, 5) is 25.6. The van der Waals surface area contributed by atoms with Crippen molar-refractivity contribution in [3.05, 3.63) is 81.6 Å². The Morgan fingerprint density at radius 1 is 1.13 bits per heavy atom. The van der Waals surface area contributed by atoms with Gasteiger partial charge in [-0.25, -0.2) is 0 Å². The number of halogens is 3. The van der Waals surface area contributed by atoms with Crippen LogP contribution in [0.3, 0.4) is 0 Å². The Labute approximate surface area is 172 Å². The number of benzene rings is 2. The normalized spacial score (nSPS) is 12.7. The molecule has 0 saturated carbocycles. The van der Waals surface area contributed by atoms with E-state index in [0.29, 0.717) is 18.5 Å². The highest BCUT2D eigenvalue weighted by atomic mass is 19.4. The highest BCUT2D eigenvalue weighted by molar-refractivity contribution is 5.97. The smallest absolute Gasteiger partial charge is 0.349 e. The van der Waals surface area contributed by atoms with Gasteiger partial charge in [0.05, 0.1) is 11.1 Å². The molecule has 0 radical (unpaired) electrons. The fourth-order valence-corrected chi connectivity index (χ4v) is 3.40. The number of amides is 1. The molecule has 0 spiro atoms. The van der Waals surface area contributed by atoms with Gasteiger partial charge in [0.1, 0.15) is 5.56 Å². The second kappa shape index (κ2) is 8.73. The summed E-state index contributed by atoms with van der Waals surface area (Å²) in [6.45, 7) is 4.04. The first-order valence-corrected chi connectivity index (χ1v) is 9.80. The number of carbonyl (C=O) groups excluding carboxylic acids is 1. The third-order valence-corrected chi connectivity index (χ3v) is 5.08. The first-order valence-electron chi connectivity index (χ1n) is 9.80. The molecule has 1 heterocycles. The van der Waals surface area contributed by atoms with E-state index >= 15 is 0 Å². The Balaban J connectivity index is 1.87. The Kier molecular flexibility index (Phi) is 6.29. The molecule has 1 atom stereocenters. The summed E-state index contributed by atoms with van der Waals surface area (Å²) in [5, 5.41) is 2.68. The number of hydrogen-bond acceptors (Lipinski definition) is 2. The van der Waals surface area contributed by atoms with Gasteiger partial charge in [-0.05, 0) is 50.5 Å². The number of rotatable bonds is 6. The quantitative estimate of drug-likeness (QED) is 0.628. The van der Waals surface area contributed by atoms with Crippen molar-refractivity contribution < 1.29 is 18.0 Å². The second-order valence-corrected chi connectivity index (χ2v) is 7.29. The van der Waals surface area contributed by atoms with E-state index in [0.717, 1.165) is 24.1 Å². The van der Waals surface area contributed by atoms with E-state index in [4.69, 9.17) is 0 Å². The van der Waals surface area contributed by atoms with E-state index in [1.165, 1.54) is 12.3 Å². The third-order valence-electron chi connectivity index (χ3n) is 5.08. The summed E-state index contributed by atoms with van der Waals surface area (Å²) in [5.41, 5.74) is -0.270. The van der Waals surface area contributed by atoms with Crippen molar-refractivity contribution in [1.82, 2.24) is 9.88 Å². The number of hydrogen-bond donors (Lipinski definition) is 1. The average Bonchev–Trinajstić information content (AvgIpc) is 2.72. The van der Waals surface area contributed by atoms with Crippen LogP contribution in [0.4, 0.5) is 13.2 Å². The lowest BCUT2D eigenvalue weighted by atomic mass is 10.0. The summed E-state index contributed by atoms with van der Waals surface area (Å²) in [6, 6.07) is 12.6. The molecule has 0 saturated heterocycles. The highest BCUT2D eigenvalue weighted by Gasteiger charge is 2.31. The van der Waals surface area contributed by atoms with Crippen LogP contribution in [0.1, 0.15) is 41.8 Å². The van der Waals surface area contributed by atoms with Gasteiger partial charge in [-0.15, -0.1) is 0 Å². The van der Waals surface area contributed by atoms with Crippen LogP contribution in [0, 0.1) is 0 Å². The van der Waals surface area contributed by atoms with Crippen molar-refractivity contribution in [1.29, 1.82) is 0 Å². The van der Waals surface area contributed by atoms with E-state index in [-0.39, 0.29) is 17.0 Å². The highest BCUT2D eigenvalue weighted by Crippen LogP contribution is 2.30. The van der Waals surface area contributed by atoms with Crippen LogP contribution in [0.5, 0.6) is 0 Å². The van der Waals surface area contributed by atoms with Gasteiger partial charge in [0, 0.05) is 24.2 Å². The van der Waals surface area contributed by atoms with Crippen LogP contribution in [0.15, 0.2) is 59.5 Å². The van der Waals surface area contributed by atoms with Crippen molar-refractivity contribution in [2.24, 2.45) is 0 Å². The molecule has 0 fully saturated rings. The molecule has 0 aliphatic carbocycles. The molecule has 3 rings (SSSR count). The van der Waals surface area contributed by atoms with Gasteiger partial charge in [0.15, 0.2) is 0 Å². The monoisotopic (exact) mass is 416 g/mol. The molecule has 3 aromatic rings. The fraction of sp³-hybridized carbons (Fsp3) is 0.304. The summed E-state index contributed by atoms with van der Waals surface area (Å²) in [5.74, 6) is -0.581. The molecule has 1 aromatic heterocycles. The largest absolute Gasteiger partial charge is 0.416 e. The number of aromatic nitrogens is 1. The zero-order chi connectivity index (χ0) is 21.9. The molecule has 4 nitrogen and oxygen atoms in total. The fourth-order valence-electron chi connectivity index (χ4n) is 3.40. The zero-order valence-corrected chi connectivity index (χ0v) is 16.8. The van der Waals surface area contributed by atoms with E-state index < -0.39 is 23.1 Å². The Hall–Kier alpha value is -3.09. The number of nitrogens with zero attached hydrogens (tertiary/aromatic N) is 1. The minimum atomic E-state index is -4.57. The van der Waals surface area contributed by atoms with Gasteiger partial charge in [-0.3, -0.25) is 9.59 Å². The van der Waals surface area contributed by atoms with Gasteiger partial charge in [-0.2, -0.15) is 13.2 Å². The lowest BCUT2D eigenvalue weighted by molar-refractivity contribution is -0.137. The van der Waals surface area contributed by atoms with Gasteiger partial charge < -0.3 is 9.88 Å². The average molecular weight is 416 g/mol. The Morgan fingerprint density at radius 2 is 1.83 bits per heavy atom. The minimum Gasteiger partial charge on any atom is -0.349 e. The molecular formula is C23H23F3N2O2. The molecule has 2 aromatic carbocycles. The number of pyridine rings is 1. The van der Waals surface area contributed by atoms with E-state index in [9.17, 15) is 22.8 Å². The predicted molar refractivity (Wildman–Crippen MR) is 111 cm³/mol. The molecule has 30 heavy (non-hydrogen) atoms. The maximum Gasteiger partial charge on any atom is 0.416 e. The van der Waals surface area contributed by atoms with Crippen LogP contribution in [0.2, 0.25) is 0 Å².